The molecule has 0 bridgehead atoms. The summed E-state index contributed by atoms with van der Waals surface area (Å²) in [7, 11) is -7.69. The van der Waals surface area contributed by atoms with E-state index >= 15 is 0 Å². The molecule has 0 unspecified atom stereocenters. The Labute approximate surface area is 372 Å². The highest BCUT2D eigenvalue weighted by atomic mass is 32.2. The van der Waals surface area contributed by atoms with E-state index in [1.165, 1.54) is 81.4 Å². The number of benzene rings is 6. The van der Waals surface area contributed by atoms with E-state index in [-0.39, 0.29) is 34.5 Å². The van der Waals surface area contributed by atoms with Gasteiger partial charge in [-0.3, -0.25) is 18.1 Å². The minimum absolute atomic E-state index is 0.0617. The molecule has 7 aromatic rings. The first-order valence-corrected chi connectivity index (χ1v) is 22.5. The lowest BCUT2D eigenvalue weighted by molar-refractivity contribution is -0.138. The maximum absolute atomic E-state index is 13.3. The molecule has 0 radical (unpaired) electrons. The first-order valence-electron chi connectivity index (χ1n) is 19.6. The molecule has 66 heavy (non-hydrogen) atoms. The van der Waals surface area contributed by atoms with Gasteiger partial charge in [-0.2, -0.15) is 26.3 Å². The second kappa shape index (κ2) is 17.2. The highest BCUT2D eigenvalue weighted by molar-refractivity contribution is 7.93. The molecule has 0 atom stereocenters. The number of hydrogen-bond acceptors (Lipinski definition) is 9. The first kappa shape index (κ1) is 45.2. The van der Waals surface area contributed by atoms with Crippen LogP contribution in [0.15, 0.2) is 158 Å². The molecule has 2 aliphatic heterocycles. The summed E-state index contributed by atoms with van der Waals surface area (Å²) in [4.78, 5) is 13.6. The number of hydrogen-bond donors (Lipinski definition) is 3. The predicted octanol–water partition coefficient (Wildman–Crippen LogP) is 8.69. The summed E-state index contributed by atoms with van der Waals surface area (Å²) < 4.78 is 137. The van der Waals surface area contributed by atoms with Crippen molar-refractivity contribution in [3.63, 3.8) is 0 Å². The molecule has 0 amide bonds. The number of nitrogens with zero attached hydrogens (tertiary/aromatic N) is 4. The van der Waals surface area contributed by atoms with Gasteiger partial charge < -0.3 is 10.9 Å². The van der Waals surface area contributed by atoms with Gasteiger partial charge in [0.25, 0.3) is 20.0 Å². The summed E-state index contributed by atoms with van der Waals surface area (Å²) in [5.74, 6) is -0.649. The van der Waals surface area contributed by atoms with Crippen LogP contribution in [0.3, 0.4) is 0 Å². The van der Waals surface area contributed by atoms with Gasteiger partial charge in [0.1, 0.15) is 0 Å². The van der Waals surface area contributed by atoms with E-state index in [1.54, 1.807) is 36.4 Å². The zero-order valence-corrected chi connectivity index (χ0v) is 35.5. The summed E-state index contributed by atoms with van der Waals surface area (Å²) in [6.07, 6.45) is -7.86. The van der Waals surface area contributed by atoms with Crippen LogP contribution < -0.4 is 20.1 Å². The van der Waals surface area contributed by atoms with Gasteiger partial charge in [0.05, 0.1) is 32.3 Å². The standard InChI is InChI=1S/C23H16F3N3O4S.C22H18F3N3O3S/c24-23(25,26)18-6-1-14(2-7-18)16-5-10-20-17(13-16)11-12-29(20)34(31,32)19-8-3-15(4-9-19)21-27-22(30)33-28-21;23-22(24,25)18-6-1-14(2-7-18)16-5-10-20-17(13-16)11-12-28(20)32(30,31)19-8-3-15(4-9-19)21(26)27-29/h1-10,13H,11-12H2,(H,27,28,30);1-10,13,29H,11-12H2,(H2,26,27). The van der Waals surface area contributed by atoms with Gasteiger partial charge in [0.15, 0.2) is 11.7 Å². The monoisotopic (exact) mass is 948 g/mol. The van der Waals surface area contributed by atoms with E-state index < -0.39 is 49.3 Å². The van der Waals surface area contributed by atoms with Crippen LogP contribution in [-0.2, 0) is 45.2 Å². The molecule has 340 valence electrons. The van der Waals surface area contributed by atoms with E-state index in [2.05, 4.69) is 19.8 Å². The van der Waals surface area contributed by atoms with E-state index in [0.717, 1.165) is 35.4 Å². The molecular formula is C45H34F6N6O7S2. The van der Waals surface area contributed by atoms with E-state index in [0.29, 0.717) is 57.6 Å². The van der Waals surface area contributed by atoms with Gasteiger partial charge in [-0.1, -0.05) is 46.7 Å². The number of halogens is 6. The molecule has 9 rings (SSSR count). The number of aromatic nitrogens is 2. The van der Waals surface area contributed by atoms with Crippen LogP contribution in [0.5, 0.6) is 0 Å². The highest BCUT2D eigenvalue weighted by Crippen LogP contribution is 2.39. The summed E-state index contributed by atoms with van der Waals surface area (Å²) in [5, 5.41) is 15.2. The number of nitrogens with one attached hydrogen (secondary N) is 1. The van der Waals surface area contributed by atoms with Crippen molar-refractivity contribution in [2.45, 2.75) is 35.0 Å². The molecule has 0 fully saturated rings. The smallest absolute Gasteiger partial charge is 0.409 e. The number of rotatable bonds is 8. The SMILES string of the molecule is NC(=NO)c1ccc(S(=O)(=O)N2CCc3cc(-c4ccc(C(F)(F)F)cc4)ccc32)cc1.O=c1[nH]c(-c2ccc(S(=O)(=O)N3CCc4cc(-c5ccc(C(F)(F)F)cc5)ccc43)cc2)no1. The number of aromatic amines is 1. The summed E-state index contributed by atoms with van der Waals surface area (Å²) in [6.45, 7) is 0.489. The summed E-state index contributed by atoms with van der Waals surface area (Å²) in [6, 6.07) is 31.6. The molecule has 13 nitrogen and oxygen atoms in total. The Hall–Kier alpha value is -7.39. The lowest BCUT2D eigenvalue weighted by Gasteiger charge is -2.20. The molecule has 3 heterocycles. The van der Waals surface area contributed by atoms with Gasteiger partial charge in [0, 0.05) is 24.2 Å². The lowest BCUT2D eigenvalue weighted by Crippen LogP contribution is -2.29. The topological polar surface area (TPSA) is 192 Å². The molecule has 1 aromatic heterocycles. The minimum atomic E-state index is -4.41. The molecular weight excluding hydrogens is 915 g/mol. The van der Waals surface area contributed by atoms with Crippen molar-refractivity contribution in [2.75, 3.05) is 21.7 Å². The number of alkyl halides is 6. The fraction of sp³-hybridized carbons (Fsp3) is 0.133. The zero-order valence-electron chi connectivity index (χ0n) is 33.9. The van der Waals surface area contributed by atoms with Gasteiger partial charge in [-0.05, 0) is 143 Å². The quantitative estimate of drug-likeness (QED) is 0.0440. The number of sulfonamides is 2. The molecule has 6 aromatic carbocycles. The molecule has 0 saturated carbocycles. The minimum Gasteiger partial charge on any atom is -0.409 e. The Morgan fingerprint density at radius 1 is 0.606 bits per heavy atom. The van der Waals surface area contributed by atoms with Crippen LogP contribution in [0.1, 0.15) is 27.8 Å². The van der Waals surface area contributed by atoms with E-state index in [1.807, 2.05) is 0 Å². The molecule has 2 aliphatic rings. The number of H-pyrrole nitrogens is 1. The lowest BCUT2D eigenvalue weighted by atomic mass is 10.0. The number of fused-ring (bicyclic) bond motifs is 2. The Balaban J connectivity index is 0.000000180. The van der Waals surface area contributed by atoms with Crippen molar-refractivity contribution in [1.82, 2.24) is 10.1 Å². The highest BCUT2D eigenvalue weighted by Gasteiger charge is 2.34. The fourth-order valence-corrected chi connectivity index (χ4v) is 10.6. The third-order valence-corrected chi connectivity index (χ3v) is 14.6. The largest absolute Gasteiger partial charge is 0.439 e. The third kappa shape index (κ3) is 8.98. The molecule has 0 saturated heterocycles. The fourth-order valence-electron chi connectivity index (χ4n) is 7.55. The second-order valence-corrected chi connectivity index (χ2v) is 18.7. The third-order valence-electron chi connectivity index (χ3n) is 11.0. The van der Waals surface area contributed by atoms with Crippen molar-refractivity contribution in [1.29, 1.82) is 0 Å². The number of nitrogens with two attached hydrogens (primary N) is 1. The first-order chi connectivity index (χ1) is 31.2. The van der Waals surface area contributed by atoms with Crippen molar-refractivity contribution < 1.29 is 52.9 Å². The Bertz CT molecular complexity index is 3250. The van der Waals surface area contributed by atoms with Gasteiger partial charge in [-0.25, -0.2) is 21.6 Å². The maximum Gasteiger partial charge on any atom is 0.439 e. The zero-order chi connectivity index (χ0) is 47.2. The average molecular weight is 949 g/mol. The summed E-state index contributed by atoms with van der Waals surface area (Å²) in [5.41, 5.74) is 10.2. The van der Waals surface area contributed by atoms with Crippen molar-refractivity contribution in [3.8, 4) is 33.6 Å². The van der Waals surface area contributed by atoms with Gasteiger partial charge >= 0.3 is 18.1 Å². The van der Waals surface area contributed by atoms with Crippen LogP contribution in [0.2, 0.25) is 0 Å². The van der Waals surface area contributed by atoms with Gasteiger partial charge in [0.2, 0.25) is 0 Å². The number of amidine groups is 1. The summed E-state index contributed by atoms with van der Waals surface area (Å²) >= 11 is 0. The molecule has 0 spiro atoms. The van der Waals surface area contributed by atoms with Crippen LogP contribution in [0.4, 0.5) is 37.7 Å². The van der Waals surface area contributed by atoms with Crippen molar-refractivity contribution in [2.24, 2.45) is 10.9 Å². The van der Waals surface area contributed by atoms with E-state index in [9.17, 15) is 48.0 Å². The number of anilines is 2. The average Bonchev–Trinajstić information content (AvgIpc) is 4.07. The van der Waals surface area contributed by atoms with Gasteiger partial charge in [-0.15, -0.1) is 0 Å². The Morgan fingerprint density at radius 2 is 1.00 bits per heavy atom. The van der Waals surface area contributed by atoms with Crippen LogP contribution in [-0.4, -0.2) is 51.1 Å². The van der Waals surface area contributed by atoms with Crippen LogP contribution in [0, 0.1) is 0 Å². The van der Waals surface area contributed by atoms with Crippen LogP contribution in [0.25, 0.3) is 33.6 Å². The Kier molecular flexibility index (Phi) is 11.8. The van der Waals surface area contributed by atoms with E-state index in [4.69, 9.17) is 10.9 Å². The second-order valence-electron chi connectivity index (χ2n) is 15.0. The molecule has 21 heteroatoms. The number of oxime groups is 1. The normalized spacial score (nSPS) is 14.1. The molecule has 4 N–H and O–H groups in total. The van der Waals surface area contributed by atoms with Crippen molar-refractivity contribution >= 4 is 37.3 Å². The van der Waals surface area contributed by atoms with Crippen molar-refractivity contribution in [3.05, 3.63) is 172 Å². The molecule has 0 aliphatic carbocycles. The Morgan fingerprint density at radius 3 is 1.38 bits per heavy atom. The predicted molar refractivity (Wildman–Crippen MR) is 232 cm³/mol. The maximum atomic E-state index is 13.3. The van der Waals surface area contributed by atoms with Crippen LogP contribution >= 0.6 is 0 Å².